The molecule has 0 saturated heterocycles. The van der Waals surface area contributed by atoms with Crippen LogP contribution in [0.3, 0.4) is 0 Å². The van der Waals surface area contributed by atoms with E-state index in [0.717, 1.165) is 0 Å². The normalized spacial score (nSPS) is 16.7. The van der Waals surface area contributed by atoms with Crippen LogP contribution in [0.25, 0.3) is 0 Å². The van der Waals surface area contributed by atoms with Crippen molar-refractivity contribution in [3.8, 4) is 0 Å². The lowest BCUT2D eigenvalue weighted by atomic mass is 9.77. The van der Waals surface area contributed by atoms with Crippen molar-refractivity contribution in [2.24, 2.45) is 11.3 Å². The summed E-state index contributed by atoms with van der Waals surface area (Å²) in [5.41, 5.74) is 1.09. The molecule has 3 N–H and O–H groups in total. The van der Waals surface area contributed by atoms with Gasteiger partial charge in [0.2, 0.25) is 0 Å². The predicted octanol–water partition coefficient (Wildman–Crippen LogP) is 3.24. The van der Waals surface area contributed by atoms with E-state index in [0.29, 0.717) is 18.9 Å². The number of carbonyl (C=O) groups excluding carboxylic acids is 1. The lowest BCUT2D eigenvalue weighted by Gasteiger charge is -2.35. The van der Waals surface area contributed by atoms with Crippen LogP contribution in [0.5, 0.6) is 0 Å². The van der Waals surface area contributed by atoms with E-state index in [1.807, 2.05) is 32.0 Å². The monoisotopic (exact) mass is 304 g/mol. The second-order valence-electron chi connectivity index (χ2n) is 7.04. The molecule has 4 nitrogen and oxygen atoms in total. The van der Waals surface area contributed by atoms with Crippen molar-refractivity contribution in [3.63, 3.8) is 0 Å². The van der Waals surface area contributed by atoms with Gasteiger partial charge < -0.3 is 15.7 Å². The van der Waals surface area contributed by atoms with E-state index in [9.17, 15) is 4.79 Å². The molecule has 22 heavy (non-hydrogen) atoms. The van der Waals surface area contributed by atoms with E-state index >= 15 is 0 Å². The van der Waals surface area contributed by atoms with Crippen molar-refractivity contribution in [1.29, 1.82) is 0 Å². The van der Waals surface area contributed by atoms with Crippen LogP contribution in [0, 0.1) is 11.3 Å². The maximum atomic E-state index is 12.2. The number of hydrogen-bond acceptors (Lipinski definition) is 2. The zero-order valence-electron chi connectivity index (χ0n) is 13.6. The van der Waals surface area contributed by atoms with Gasteiger partial charge in [0.05, 0.1) is 6.04 Å². The van der Waals surface area contributed by atoms with E-state index in [1.54, 1.807) is 0 Å². The first kappa shape index (κ1) is 16.8. The summed E-state index contributed by atoms with van der Waals surface area (Å²) in [4.78, 5) is 12.2. The summed E-state index contributed by atoms with van der Waals surface area (Å²) in [5.74, 6) is 0.540. The first-order valence-corrected chi connectivity index (χ1v) is 8.22. The summed E-state index contributed by atoms with van der Waals surface area (Å²) in [7, 11) is 0. The Hall–Kier alpha value is -1.55. The molecule has 1 aromatic carbocycles. The Balaban J connectivity index is 1.92. The SMILES string of the molecule is CC(C)(CCO)CNC(=O)NC(c1ccccc1)C1CCC1. The second kappa shape index (κ2) is 7.63. The summed E-state index contributed by atoms with van der Waals surface area (Å²) >= 11 is 0. The molecule has 0 radical (unpaired) electrons. The van der Waals surface area contributed by atoms with Crippen LogP contribution in [0.1, 0.15) is 51.1 Å². The molecule has 4 heteroatoms. The molecule has 0 heterocycles. The molecule has 2 rings (SSSR count). The van der Waals surface area contributed by atoms with E-state index in [2.05, 4.69) is 22.8 Å². The van der Waals surface area contributed by atoms with Gasteiger partial charge >= 0.3 is 6.03 Å². The lowest BCUT2D eigenvalue weighted by molar-refractivity contribution is 0.191. The third kappa shape index (κ3) is 4.73. The molecule has 1 atom stereocenters. The summed E-state index contributed by atoms with van der Waals surface area (Å²) in [6.45, 7) is 4.80. The highest BCUT2D eigenvalue weighted by Gasteiger charge is 2.30. The average Bonchev–Trinajstić information content (AvgIpc) is 2.44. The maximum absolute atomic E-state index is 12.2. The zero-order chi connectivity index (χ0) is 16.0. The third-order valence-electron chi connectivity index (χ3n) is 4.58. The smallest absolute Gasteiger partial charge is 0.315 e. The molecule has 0 aliphatic heterocycles. The largest absolute Gasteiger partial charge is 0.396 e. The third-order valence-corrected chi connectivity index (χ3v) is 4.58. The average molecular weight is 304 g/mol. The Morgan fingerprint density at radius 2 is 2.00 bits per heavy atom. The van der Waals surface area contributed by atoms with E-state index in [4.69, 9.17) is 5.11 Å². The van der Waals surface area contributed by atoms with Crippen molar-refractivity contribution in [2.45, 2.75) is 45.6 Å². The van der Waals surface area contributed by atoms with E-state index < -0.39 is 0 Å². The Morgan fingerprint density at radius 3 is 2.55 bits per heavy atom. The number of aliphatic hydroxyl groups is 1. The molecule has 122 valence electrons. The number of amides is 2. The van der Waals surface area contributed by atoms with E-state index in [1.165, 1.54) is 24.8 Å². The first-order chi connectivity index (χ1) is 10.5. The Bertz CT molecular complexity index is 469. The molecule has 1 unspecified atom stereocenters. The minimum Gasteiger partial charge on any atom is -0.396 e. The molecular formula is C18H28N2O2. The van der Waals surface area contributed by atoms with Gasteiger partial charge in [0.15, 0.2) is 0 Å². The van der Waals surface area contributed by atoms with Crippen LogP contribution in [-0.4, -0.2) is 24.3 Å². The highest BCUT2D eigenvalue weighted by atomic mass is 16.3. The molecule has 2 amide bonds. The summed E-state index contributed by atoms with van der Waals surface area (Å²) in [6.07, 6.45) is 4.28. The van der Waals surface area contributed by atoms with Gasteiger partial charge in [-0.1, -0.05) is 50.6 Å². The van der Waals surface area contributed by atoms with Crippen molar-refractivity contribution >= 4 is 6.03 Å². The van der Waals surface area contributed by atoms with Gasteiger partial charge in [-0.3, -0.25) is 0 Å². The van der Waals surface area contributed by atoms with Crippen LogP contribution in [0.4, 0.5) is 4.79 Å². The molecule has 1 aromatic rings. The van der Waals surface area contributed by atoms with Gasteiger partial charge in [-0.05, 0) is 36.2 Å². The molecule has 0 bridgehead atoms. The van der Waals surface area contributed by atoms with Crippen molar-refractivity contribution < 1.29 is 9.90 Å². The quantitative estimate of drug-likeness (QED) is 0.724. The number of hydrogen-bond donors (Lipinski definition) is 3. The fourth-order valence-electron chi connectivity index (χ4n) is 2.81. The summed E-state index contributed by atoms with van der Waals surface area (Å²) in [5, 5.41) is 15.1. The standard InChI is InChI=1S/C18H28N2O2/c1-18(2,11-12-21)13-19-17(22)20-16(15-9-6-10-15)14-7-4-3-5-8-14/h3-5,7-8,15-16,21H,6,9-13H2,1-2H3,(H2,19,20,22). The molecule has 1 aliphatic carbocycles. The first-order valence-electron chi connectivity index (χ1n) is 8.22. The van der Waals surface area contributed by atoms with Crippen LogP contribution < -0.4 is 10.6 Å². The van der Waals surface area contributed by atoms with Gasteiger partial charge in [0.1, 0.15) is 0 Å². The molecule has 1 saturated carbocycles. The van der Waals surface area contributed by atoms with Gasteiger partial charge in [0, 0.05) is 13.2 Å². The van der Waals surface area contributed by atoms with Gasteiger partial charge in [-0.2, -0.15) is 0 Å². The fraction of sp³-hybridized carbons (Fsp3) is 0.611. The Morgan fingerprint density at radius 1 is 1.32 bits per heavy atom. The Labute approximate surface area is 133 Å². The number of nitrogens with one attached hydrogen (secondary N) is 2. The van der Waals surface area contributed by atoms with Crippen LogP contribution >= 0.6 is 0 Å². The minimum atomic E-state index is -0.119. The van der Waals surface area contributed by atoms with Gasteiger partial charge in [-0.15, -0.1) is 0 Å². The highest BCUT2D eigenvalue weighted by molar-refractivity contribution is 5.74. The zero-order valence-corrected chi connectivity index (χ0v) is 13.6. The van der Waals surface area contributed by atoms with Crippen LogP contribution in [-0.2, 0) is 0 Å². The maximum Gasteiger partial charge on any atom is 0.315 e. The highest BCUT2D eigenvalue weighted by Crippen LogP contribution is 2.37. The van der Waals surface area contributed by atoms with Gasteiger partial charge in [0.25, 0.3) is 0 Å². The second-order valence-corrected chi connectivity index (χ2v) is 7.04. The topological polar surface area (TPSA) is 61.4 Å². The molecule has 0 spiro atoms. The molecular weight excluding hydrogens is 276 g/mol. The summed E-state index contributed by atoms with van der Waals surface area (Å²) < 4.78 is 0. The predicted molar refractivity (Wildman–Crippen MR) is 88.5 cm³/mol. The number of rotatable bonds is 7. The number of benzene rings is 1. The van der Waals surface area contributed by atoms with E-state index in [-0.39, 0.29) is 24.1 Å². The van der Waals surface area contributed by atoms with Crippen LogP contribution in [0.15, 0.2) is 30.3 Å². The van der Waals surface area contributed by atoms with Crippen molar-refractivity contribution in [1.82, 2.24) is 10.6 Å². The lowest BCUT2D eigenvalue weighted by Crippen LogP contribution is -2.45. The molecule has 1 aliphatic rings. The summed E-state index contributed by atoms with van der Waals surface area (Å²) in [6, 6.07) is 10.2. The van der Waals surface area contributed by atoms with Crippen molar-refractivity contribution in [2.75, 3.05) is 13.2 Å². The fourth-order valence-corrected chi connectivity index (χ4v) is 2.81. The van der Waals surface area contributed by atoms with Gasteiger partial charge in [-0.25, -0.2) is 4.79 Å². The molecule has 0 aromatic heterocycles. The molecule has 1 fully saturated rings. The number of aliphatic hydroxyl groups excluding tert-OH is 1. The van der Waals surface area contributed by atoms with Crippen LogP contribution in [0.2, 0.25) is 0 Å². The van der Waals surface area contributed by atoms with Crippen molar-refractivity contribution in [3.05, 3.63) is 35.9 Å². The minimum absolute atomic E-state index is 0.0925. The number of carbonyl (C=O) groups is 1. The Kier molecular flexibility index (Phi) is 5.83. The number of urea groups is 1.